The Hall–Kier alpha value is -1.11. The van der Waals surface area contributed by atoms with Gasteiger partial charge in [-0.1, -0.05) is 19.9 Å². The van der Waals surface area contributed by atoms with Gasteiger partial charge in [0.25, 0.3) is 0 Å². The Morgan fingerprint density at radius 2 is 2.10 bits per heavy atom. The number of hydrogen-bond acceptors (Lipinski definition) is 4. The van der Waals surface area contributed by atoms with Crippen molar-refractivity contribution in [3.05, 3.63) is 23.8 Å². The van der Waals surface area contributed by atoms with E-state index in [1.54, 1.807) is 12.1 Å². The van der Waals surface area contributed by atoms with Gasteiger partial charge in [-0.05, 0) is 43.4 Å². The molecule has 1 fully saturated rings. The fourth-order valence-electron chi connectivity index (χ4n) is 2.58. The van der Waals surface area contributed by atoms with Crippen molar-refractivity contribution in [3.63, 3.8) is 0 Å². The minimum atomic E-state index is -3.67. The highest BCUT2D eigenvalue weighted by Gasteiger charge is 2.25. The van der Waals surface area contributed by atoms with E-state index < -0.39 is 10.0 Å². The summed E-state index contributed by atoms with van der Waals surface area (Å²) in [6, 6.07) is 5.23. The van der Waals surface area contributed by atoms with Crippen molar-refractivity contribution in [2.24, 2.45) is 11.1 Å². The second kappa shape index (κ2) is 6.34. The lowest BCUT2D eigenvalue weighted by molar-refractivity contribution is -0.0160. The summed E-state index contributed by atoms with van der Waals surface area (Å²) in [5.74, 6) is 0.478. The predicted molar refractivity (Wildman–Crippen MR) is 83.8 cm³/mol. The third kappa shape index (κ3) is 4.18. The Bertz CT molecular complexity index is 599. The highest BCUT2D eigenvalue weighted by atomic mass is 32.2. The predicted octanol–water partition coefficient (Wildman–Crippen LogP) is 2.26. The molecular weight excluding hydrogens is 288 g/mol. The lowest BCUT2D eigenvalue weighted by Gasteiger charge is -2.33. The topological polar surface area (TPSA) is 81.4 Å². The summed E-state index contributed by atoms with van der Waals surface area (Å²) in [5.41, 5.74) is 1.84. The van der Waals surface area contributed by atoms with Crippen molar-refractivity contribution < 1.29 is 13.2 Å². The normalized spacial score (nSPS) is 23.3. The number of ether oxygens (including phenoxy) is 1. The van der Waals surface area contributed by atoms with Crippen LogP contribution in [0.1, 0.15) is 32.3 Å². The molecule has 1 heterocycles. The molecule has 5 nitrogen and oxygen atoms in total. The second-order valence-corrected chi connectivity index (χ2v) is 7.60. The van der Waals surface area contributed by atoms with Crippen molar-refractivity contribution in [2.75, 3.05) is 11.9 Å². The van der Waals surface area contributed by atoms with Crippen LogP contribution in [0.25, 0.3) is 0 Å². The molecule has 1 aromatic carbocycles. The molecule has 1 saturated heterocycles. The fraction of sp³-hybridized carbons (Fsp3) is 0.600. The highest BCUT2D eigenvalue weighted by molar-refractivity contribution is 7.89. The Kier molecular flexibility index (Phi) is 4.91. The Balaban J connectivity index is 2.15. The van der Waals surface area contributed by atoms with Gasteiger partial charge in [-0.15, -0.1) is 0 Å². The molecule has 0 amide bonds. The van der Waals surface area contributed by atoms with Gasteiger partial charge in [0.05, 0.1) is 11.0 Å². The van der Waals surface area contributed by atoms with Gasteiger partial charge in [0.15, 0.2) is 0 Å². The van der Waals surface area contributed by atoms with Crippen LogP contribution in [-0.4, -0.2) is 27.2 Å². The molecule has 2 atom stereocenters. The summed E-state index contributed by atoms with van der Waals surface area (Å²) >= 11 is 0. The zero-order chi connectivity index (χ0) is 15.6. The zero-order valence-corrected chi connectivity index (χ0v) is 13.6. The molecule has 0 radical (unpaired) electrons. The molecule has 0 bridgehead atoms. The van der Waals surface area contributed by atoms with E-state index in [9.17, 15) is 8.42 Å². The number of sulfonamides is 1. The minimum Gasteiger partial charge on any atom is -0.382 e. The van der Waals surface area contributed by atoms with Gasteiger partial charge in [-0.2, -0.15) is 0 Å². The van der Waals surface area contributed by atoms with E-state index in [0.29, 0.717) is 12.0 Å². The monoisotopic (exact) mass is 312 g/mol. The molecule has 0 aliphatic carbocycles. The molecule has 0 saturated carbocycles. The Labute approximate surface area is 126 Å². The third-order valence-corrected chi connectivity index (χ3v) is 4.87. The lowest BCUT2D eigenvalue weighted by Crippen LogP contribution is -2.36. The van der Waals surface area contributed by atoms with E-state index in [4.69, 9.17) is 9.88 Å². The van der Waals surface area contributed by atoms with Gasteiger partial charge < -0.3 is 10.1 Å². The van der Waals surface area contributed by atoms with E-state index in [-0.39, 0.29) is 11.0 Å². The van der Waals surface area contributed by atoms with Crippen LogP contribution in [0.4, 0.5) is 5.69 Å². The quantitative estimate of drug-likeness (QED) is 0.893. The number of aryl methyl sites for hydroxylation is 1. The summed E-state index contributed by atoms with van der Waals surface area (Å²) < 4.78 is 28.7. The fourth-order valence-corrected chi connectivity index (χ4v) is 3.12. The van der Waals surface area contributed by atoms with Gasteiger partial charge in [0.1, 0.15) is 0 Å². The van der Waals surface area contributed by atoms with Gasteiger partial charge >= 0.3 is 0 Å². The first kappa shape index (κ1) is 16.3. The number of nitrogens with one attached hydrogen (secondary N) is 1. The molecule has 3 N–H and O–H groups in total. The standard InChI is InChI=1S/C15H24N2O3S/c1-10(2)15-8-12(6-7-20-15)17-14-9-13(21(16,18)19)5-4-11(14)3/h4-5,9-10,12,15,17H,6-8H2,1-3H3,(H2,16,18,19). The van der Waals surface area contributed by atoms with Gasteiger partial charge in [0.2, 0.25) is 10.0 Å². The lowest BCUT2D eigenvalue weighted by atomic mass is 9.95. The number of benzene rings is 1. The third-order valence-electron chi connectivity index (χ3n) is 3.96. The Morgan fingerprint density at radius 3 is 2.71 bits per heavy atom. The molecular formula is C15H24N2O3S. The van der Waals surface area contributed by atoms with Crippen molar-refractivity contribution in [3.8, 4) is 0 Å². The van der Waals surface area contributed by atoms with Crippen molar-refractivity contribution in [1.82, 2.24) is 0 Å². The molecule has 21 heavy (non-hydrogen) atoms. The van der Waals surface area contributed by atoms with E-state index in [1.165, 1.54) is 6.07 Å². The summed E-state index contributed by atoms with van der Waals surface area (Å²) in [6.07, 6.45) is 2.09. The molecule has 1 aromatic rings. The zero-order valence-electron chi connectivity index (χ0n) is 12.8. The smallest absolute Gasteiger partial charge is 0.238 e. The summed E-state index contributed by atoms with van der Waals surface area (Å²) in [4.78, 5) is 0.142. The maximum Gasteiger partial charge on any atom is 0.238 e. The first-order chi connectivity index (χ1) is 9.77. The minimum absolute atomic E-state index is 0.142. The molecule has 0 aromatic heterocycles. The summed E-state index contributed by atoms with van der Waals surface area (Å²) in [5, 5.41) is 8.64. The molecule has 0 spiro atoms. The van der Waals surface area contributed by atoms with E-state index in [0.717, 1.165) is 30.7 Å². The van der Waals surface area contributed by atoms with E-state index in [2.05, 4.69) is 19.2 Å². The van der Waals surface area contributed by atoms with Gasteiger partial charge in [-0.25, -0.2) is 13.6 Å². The largest absolute Gasteiger partial charge is 0.382 e. The number of nitrogens with two attached hydrogens (primary N) is 1. The Morgan fingerprint density at radius 1 is 1.38 bits per heavy atom. The molecule has 1 aliphatic rings. The maximum atomic E-state index is 11.5. The number of anilines is 1. The summed E-state index contributed by atoms with van der Waals surface area (Å²) in [6.45, 7) is 6.99. The SMILES string of the molecule is Cc1ccc(S(N)(=O)=O)cc1NC1CCOC(C(C)C)C1. The number of rotatable bonds is 4. The molecule has 1 aliphatic heterocycles. The van der Waals surface area contributed by atoms with Crippen LogP contribution in [0, 0.1) is 12.8 Å². The number of primary sulfonamides is 1. The second-order valence-electron chi connectivity index (χ2n) is 6.04. The average molecular weight is 312 g/mol. The first-order valence-electron chi connectivity index (χ1n) is 7.29. The molecule has 6 heteroatoms. The highest BCUT2D eigenvalue weighted by Crippen LogP contribution is 2.26. The van der Waals surface area contributed by atoms with Crippen molar-refractivity contribution in [1.29, 1.82) is 0 Å². The van der Waals surface area contributed by atoms with Crippen LogP contribution >= 0.6 is 0 Å². The molecule has 2 rings (SSSR count). The van der Waals surface area contributed by atoms with Crippen LogP contribution in [0.2, 0.25) is 0 Å². The number of hydrogen-bond donors (Lipinski definition) is 2. The molecule has 118 valence electrons. The molecule has 2 unspecified atom stereocenters. The van der Waals surface area contributed by atoms with Gasteiger partial charge in [0, 0.05) is 18.3 Å². The van der Waals surface area contributed by atoms with Crippen molar-refractivity contribution >= 4 is 15.7 Å². The van der Waals surface area contributed by atoms with Crippen molar-refractivity contribution in [2.45, 2.75) is 50.7 Å². The average Bonchev–Trinajstić information content (AvgIpc) is 2.40. The van der Waals surface area contributed by atoms with Crippen LogP contribution in [0.15, 0.2) is 23.1 Å². The van der Waals surface area contributed by atoms with E-state index in [1.807, 2.05) is 6.92 Å². The first-order valence-corrected chi connectivity index (χ1v) is 8.83. The van der Waals surface area contributed by atoms with Crippen LogP contribution < -0.4 is 10.5 Å². The summed E-state index contributed by atoms with van der Waals surface area (Å²) in [7, 11) is -3.67. The van der Waals surface area contributed by atoms with E-state index >= 15 is 0 Å². The van der Waals surface area contributed by atoms with Crippen LogP contribution in [-0.2, 0) is 14.8 Å². The van der Waals surface area contributed by atoms with Gasteiger partial charge in [-0.3, -0.25) is 0 Å². The maximum absolute atomic E-state index is 11.5. The van der Waals surface area contributed by atoms with Crippen LogP contribution in [0.3, 0.4) is 0 Å². The van der Waals surface area contributed by atoms with Crippen LogP contribution in [0.5, 0.6) is 0 Å².